The van der Waals surface area contributed by atoms with E-state index in [-0.39, 0.29) is 22.5 Å². The van der Waals surface area contributed by atoms with Gasteiger partial charge in [-0.3, -0.25) is 29.4 Å². The monoisotopic (exact) mass is 435 g/mol. The zero-order chi connectivity index (χ0) is 23.3. The zero-order valence-corrected chi connectivity index (χ0v) is 17.5. The number of hydrogen-bond acceptors (Lipinski definition) is 5. The summed E-state index contributed by atoms with van der Waals surface area (Å²) in [5.41, 5.74) is 1.62. The van der Waals surface area contributed by atoms with Gasteiger partial charge in [0.25, 0.3) is 17.5 Å². The van der Waals surface area contributed by atoms with Crippen LogP contribution in [0.4, 0.5) is 10.1 Å². The largest absolute Gasteiger partial charge is 0.318 e. The molecule has 9 heteroatoms. The first-order valence-corrected chi connectivity index (χ1v) is 9.74. The molecule has 32 heavy (non-hydrogen) atoms. The fourth-order valence-electron chi connectivity index (χ4n) is 4.00. The number of benzene rings is 2. The van der Waals surface area contributed by atoms with Gasteiger partial charge in [-0.2, -0.15) is 0 Å². The second-order valence-corrected chi connectivity index (χ2v) is 7.63. The number of nitro groups is 1. The minimum Gasteiger partial charge on any atom is -0.318 e. The summed E-state index contributed by atoms with van der Waals surface area (Å²) in [6.07, 6.45) is 0. The van der Waals surface area contributed by atoms with Gasteiger partial charge in [0.15, 0.2) is 5.78 Å². The van der Waals surface area contributed by atoms with Crippen molar-refractivity contribution in [3.05, 3.63) is 92.0 Å². The summed E-state index contributed by atoms with van der Waals surface area (Å²) in [6, 6.07) is 10.1. The van der Waals surface area contributed by atoms with Gasteiger partial charge in [-0.1, -0.05) is 12.1 Å². The molecule has 1 aromatic heterocycles. The van der Waals surface area contributed by atoms with E-state index in [1.807, 2.05) is 0 Å². The van der Waals surface area contributed by atoms with Crippen molar-refractivity contribution in [1.82, 2.24) is 9.47 Å². The summed E-state index contributed by atoms with van der Waals surface area (Å²) >= 11 is 0. The molecule has 0 bridgehead atoms. The van der Waals surface area contributed by atoms with Gasteiger partial charge in [-0.15, -0.1) is 0 Å². The SMILES string of the molecule is Cc1ccc(-n2c(C)cc(C(=O)CN3C(=O)c4cccc([N+](=O)[O-])c4C3=O)c2C)cc1F. The van der Waals surface area contributed by atoms with Crippen LogP contribution in [0.5, 0.6) is 0 Å². The molecule has 4 rings (SSSR count). The van der Waals surface area contributed by atoms with Crippen molar-refractivity contribution < 1.29 is 23.7 Å². The fourth-order valence-corrected chi connectivity index (χ4v) is 4.00. The molecule has 1 aliphatic heterocycles. The second kappa shape index (κ2) is 7.52. The summed E-state index contributed by atoms with van der Waals surface area (Å²) < 4.78 is 15.8. The van der Waals surface area contributed by atoms with Gasteiger partial charge >= 0.3 is 0 Å². The molecule has 0 unspecified atom stereocenters. The third-order valence-electron chi connectivity index (χ3n) is 5.62. The van der Waals surface area contributed by atoms with Crippen molar-refractivity contribution in [3.63, 3.8) is 0 Å². The van der Waals surface area contributed by atoms with E-state index in [1.165, 1.54) is 18.2 Å². The van der Waals surface area contributed by atoms with Crippen LogP contribution in [0.2, 0.25) is 0 Å². The fraction of sp³-hybridized carbons (Fsp3) is 0.174. The van der Waals surface area contributed by atoms with E-state index in [4.69, 9.17) is 0 Å². The lowest BCUT2D eigenvalue weighted by atomic mass is 10.1. The van der Waals surface area contributed by atoms with E-state index < -0.39 is 34.8 Å². The third-order valence-corrected chi connectivity index (χ3v) is 5.62. The van der Waals surface area contributed by atoms with Gasteiger partial charge in [0, 0.05) is 28.7 Å². The van der Waals surface area contributed by atoms with Gasteiger partial charge in [-0.25, -0.2) is 4.39 Å². The lowest BCUT2D eigenvalue weighted by Gasteiger charge is -2.13. The average molecular weight is 435 g/mol. The molecule has 0 atom stereocenters. The Balaban J connectivity index is 1.66. The number of hydrogen-bond donors (Lipinski definition) is 0. The number of nitro benzene ring substituents is 1. The van der Waals surface area contributed by atoms with Crippen molar-refractivity contribution in [3.8, 4) is 5.69 Å². The number of halogens is 1. The van der Waals surface area contributed by atoms with Crippen LogP contribution in [-0.4, -0.2) is 38.5 Å². The number of aryl methyl sites for hydroxylation is 2. The topological polar surface area (TPSA) is 103 Å². The van der Waals surface area contributed by atoms with Crippen LogP contribution in [0.3, 0.4) is 0 Å². The molecule has 0 N–H and O–H groups in total. The molecule has 3 aromatic rings. The van der Waals surface area contributed by atoms with Gasteiger partial charge in [0.1, 0.15) is 11.4 Å². The highest BCUT2D eigenvalue weighted by atomic mass is 19.1. The maximum absolute atomic E-state index is 14.1. The smallest absolute Gasteiger partial charge is 0.282 e. The first kappa shape index (κ1) is 21.1. The molecule has 0 saturated carbocycles. The number of carbonyl (C=O) groups excluding carboxylic acids is 3. The van der Waals surface area contributed by atoms with Crippen LogP contribution in [0.25, 0.3) is 5.69 Å². The lowest BCUT2D eigenvalue weighted by Crippen LogP contribution is -2.35. The minimum atomic E-state index is -0.875. The summed E-state index contributed by atoms with van der Waals surface area (Å²) in [7, 11) is 0. The Morgan fingerprint density at radius 3 is 2.44 bits per heavy atom. The van der Waals surface area contributed by atoms with Crippen LogP contribution in [-0.2, 0) is 0 Å². The third kappa shape index (κ3) is 3.18. The van der Waals surface area contributed by atoms with E-state index in [0.29, 0.717) is 22.6 Å². The van der Waals surface area contributed by atoms with Crippen LogP contribution < -0.4 is 0 Å². The number of imide groups is 1. The molecular formula is C23H18FN3O5. The Morgan fingerprint density at radius 2 is 1.78 bits per heavy atom. The van der Waals surface area contributed by atoms with E-state index in [2.05, 4.69) is 0 Å². The summed E-state index contributed by atoms with van der Waals surface area (Å²) in [4.78, 5) is 49.7. The van der Waals surface area contributed by atoms with Gasteiger partial charge < -0.3 is 4.57 Å². The first-order chi connectivity index (χ1) is 15.1. The number of amides is 2. The number of carbonyl (C=O) groups is 3. The Kier molecular flexibility index (Phi) is 4.96. The Hall–Kier alpha value is -4.14. The highest BCUT2D eigenvalue weighted by Gasteiger charge is 2.42. The maximum Gasteiger partial charge on any atom is 0.282 e. The molecule has 162 valence electrons. The molecule has 0 spiro atoms. The highest BCUT2D eigenvalue weighted by molar-refractivity contribution is 6.24. The normalized spacial score (nSPS) is 12.9. The molecule has 2 heterocycles. The zero-order valence-electron chi connectivity index (χ0n) is 17.5. The second-order valence-electron chi connectivity index (χ2n) is 7.63. The van der Waals surface area contributed by atoms with E-state index >= 15 is 0 Å². The highest BCUT2D eigenvalue weighted by Crippen LogP contribution is 2.31. The van der Waals surface area contributed by atoms with Crippen LogP contribution in [0.15, 0.2) is 42.5 Å². The molecule has 0 radical (unpaired) electrons. The van der Waals surface area contributed by atoms with E-state index in [0.717, 1.165) is 11.0 Å². The number of fused-ring (bicyclic) bond motifs is 1. The predicted molar refractivity (Wildman–Crippen MR) is 113 cm³/mol. The maximum atomic E-state index is 14.1. The standard InChI is InChI=1S/C23H18FN3O5/c1-12-7-8-15(10-18(12)24)26-13(2)9-17(14(26)3)20(28)11-25-22(29)16-5-4-6-19(27(31)32)21(16)23(25)30/h4-10H,11H2,1-3H3. The van der Waals surface area contributed by atoms with Crippen molar-refractivity contribution in [1.29, 1.82) is 0 Å². The van der Waals surface area contributed by atoms with Crippen molar-refractivity contribution >= 4 is 23.3 Å². The van der Waals surface area contributed by atoms with Crippen LogP contribution in [0.1, 0.15) is 48.0 Å². The number of Topliss-reactive ketones (excluding diaryl/α,β-unsaturated/α-hetero) is 1. The molecule has 0 fully saturated rings. The molecular weight excluding hydrogens is 417 g/mol. The lowest BCUT2D eigenvalue weighted by molar-refractivity contribution is -0.385. The van der Waals surface area contributed by atoms with Crippen molar-refractivity contribution in [2.24, 2.45) is 0 Å². The molecule has 2 amide bonds. The van der Waals surface area contributed by atoms with Crippen molar-refractivity contribution in [2.45, 2.75) is 20.8 Å². The molecule has 0 saturated heterocycles. The molecule has 1 aliphatic rings. The number of nitrogens with zero attached hydrogens (tertiary/aromatic N) is 3. The summed E-state index contributed by atoms with van der Waals surface area (Å²) in [5, 5.41) is 11.3. The van der Waals surface area contributed by atoms with Crippen LogP contribution in [0, 0.1) is 36.7 Å². The number of ketones is 1. The molecule has 0 aliphatic carbocycles. The van der Waals surface area contributed by atoms with Gasteiger partial charge in [-0.05, 0) is 50.6 Å². The predicted octanol–water partition coefficient (Wildman–Crippen LogP) is 3.93. The van der Waals surface area contributed by atoms with E-state index in [1.54, 1.807) is 43.5 Å². The van der Waals surface area contributed by atoms with Crippen molar-refractivity contribution in [2.75, 3.05) is 6.54 Å². The molecule has 2 aromatic carbocycles. The van der Waals surface area contributed by atoms with Crippen LogP contribution >= 0.6 is 0 Å². The summed E-state index contributed by atoms with van der Waals surface area (Å²) in [6.45, 7) is 4.53. The number of rotatable bonds is 5. The first-order valence-electron chi connectivity index (χ1n) is 9.74. The van der Waals surface area contributed by atoms with E-state index in [9.17, 15) is 28.9 Å². The Morgan fingerprint density at radius 1 is 1.06 bits per heavy atom. The summed E-state index contributed by atoms with van der Waals surface area (Å²) in [5.74, 6) is -2.51. The number of aromatic nitrogens is 1. The quantitative estimate of drug-likeness (QED) is 0.262. The van der Waals surface area contributed by atoms with Gasteiger partial charge in [0.05, 0.1) is 17.0 Å². The molecule has 8 nitrogen and oxygen atoms in total. The Labute approximate surface area is 182 Å². The average Bonchev–Trinajstić information content (AvgIpc) is 3.18. The van der Waals surface area contributed by atoms with Gasteiger partial charge in [0.2, 0.25) is 0 Å². The Bertz CT molecular complexity index is 1340. The minimum absolute atomic E-state index is 0.0994.